The highest BCUT2D eigenvalue weighted by Gasteiger charge is 2.31. The molecule has 0 bridgehead atoms. The second-order valence-electron chi connectivity index (χ2n) is 7.42. The first-order valence-electron chi connectivity index (χ1n) is 11.8. The van der Waals surface area contributed by atoms with Gasteiger partial charge in [-0.2, -0.15) is 0 Å². The van der Waals surface area contributed by atoms with Crippen LogP contribution < -0.4 is 0 Å². The Bertz CT molecular complexity index is 420. The molecule has 0 aliphatic heterocycles. The molecule has 0 aromatic rings. The van der Waals surface area contributed by atoms with E-state index >= 15 is 0 Å². The van der Waals surface area contributed by atoms with E-state index in [1.54, 1.807) is 6.92 Å². The molecule has 0 aromatic carbocycles. The lowest BCUT2D eigenvalue weighted by atomic mass is 10.1. The molecule has 0 amide bonds. The SMILES string of the molecule is C=C(C)C(=O)OC(CCCCCCCCCCC(OCC)(OCC)OCC)OCC. The van der Waals surface area contributed by atoms with Crippen LogP contribution >= 0.6 is 0 Å². The Hall–Kier alpha value is -0.950. The summed E-state index contributed by atoms with van der Waals surface area (Å²) in [5, 5.41) is 0. The van der Waals surface area contributed by atoms with E-state index in [9.17, 15) is 4.79 Å². The zero-order chi connectivity index (χ0) is 22.7. The molecule has 1 atom stereocenters. The second-order valence-corrected chi connectivity index (χ2v) is 7.42. The average molecular weight is 431 g/mol. The molecule has 0 aromatic heterocycles. The molecular formula is C24H46O6. The van der Waals surface area contributed by atoms with E-state index in [2.05, 4.69) is 6.58 Å². The lowest BCUT2D eigenvalue weighted by molar-refractivity contribution is -0.380. The van der Waals surface area contributed by atoms with Gasteiger partial charge in [-0.15, -0.1) is 0 Å². The molecule has 30 heavy (non-hydrogen) atoms. The van der Waals surface area contributed by atoms with Crippen LogP contribution in [0.3, 0.4) is 0 Å². The zero-order valence-corrected chi connectivity index (χ0v) is 20.1. The van der Waals surface area contributed by atoms with Crippen molar-refractivity contribution >= 4 is 5.97 Å². The van der Waals surface area contributed by atoms with Crippen molar-refractivity contribution in [2.75, 3.05) is 26.4 Å². The summed E-state index contributed by atoms with van der Waals surface area (Å²) in [4.78, 5) is 11.6. The van der Waals surface area contributed by atoms with Crippen LogP contribution in [-0.4, -0.2) is 44.7 Å². The van der Waals surface area contributed by atoms with Crippen molar-refractivity contribution < 1.29 is 28.5 Å². The number of ether oxygens (including phenoxy) is 5. The van der Waals surface area contributed by atoms with Crippen LogP contribution in [-0.2, 0) is 28.5 Å². The van der Waals surface area contributed by atoms with Gasteiger partial charge in [0.2, 0.25) is 6.29 Å². The summed E-state index contributed by atoms with van der Waals surface area (Å²) in [6.45, 7) is 15.3. The van der Waals surface area contributed by atoms with Crippen molar-refractivity contribution in [1.29, 1.82) is 0 Å². The minimum Gasteiger partial charge on any atom is -0.432 e. The van der Waals surface area contributed by atoms with Gasteiger partial charge in [0.05, 0.1) is 0 Å². The highest BCUT2D eigenvalue weighted by Crippen LogP contribution is 2.24. The van der Waals surface area contributed by atoms with Gasteiger partial charge in [-0.05, 0) is 47.5 Å². The quantitative estimate of drug-likeness (QED) is 0.0944. The number of esters is 1. The van der Waals surface area contributed by atoms with Gasteiger partial charge in [-0.3, -0.25) is 0 Å². The second kappa shape index (κ2) is 18.8. The van der Waals surface area contributed by atoms with E-state index < -0.39 is 12.3 Å². The fraction of sp³-hybridized carbons (Fsp3) is 0.875. The van der Waals surface area contributed by atoms with Crippen LogP contribution in [0, 0.1) is 0 Å². The largest absolute Gasteiger partial charge is 0.432 e. The molecule has 1 unspecified atom stereocenters. The molecule has 0 fully saturated rings. The Morgan fingerprint density at radius 3 is 1.67 bits per heavy atom. The lowest BCUT2D eigenvalue weighted by Gasteiger charge is -2.32. The van der Waals surface area contributed by atoms with Gasteiger partial charge in [-0.1, -0.05) is 45.1 Å². The molecule has 0 saturated heterocycles. The first-order valence-corrected chi connectivity index (χ1v) is 11.8. The predicted molar refractivity (Wildman–Crippen MR) is 120 cm³/mol. The van der Waals surface area contributed by atoms with E-state index in [0.717, 1.165) is 38.5 Å². The Labute approximate surface area is 184 Å². The van der Waals surface area contributed by atoms with E-state index in [0.29, 0.717) is 32.0 Å². The van der Waals surface area contributed by atoms with E-state index in [1.165, 1.54) is 25.7 Å². The smallest absolute Gasteiger partial charge is 0.335 e. The fourth-order valence-electron chi connectivity index (χ4n) is 3.30. The molecule has 0 N–H and O–H groups in total. The molecule has 0 heterocycles. The molecule has 178 valence electrons. The maximum absolute atomic E-state index is 11.6. The van der Waals surface area contributed by atoms with Crippen LogP contribution in [0.5, 0.6) is 0 Å². The minimum atomic E-state index is -0.872. The third kappa shape index (κ3) is 14.1. The number of hydrogen-bond donors (Lipinski definition) is 0. The number of carbonyl (C=O) groups is 1. The number of unbranched alkanes of at least 4 members (excludes halogenated alkanes) is 7. The highest BCUT2D eigenvalue weighted by molar-refractivity contribution is 5.86. The van der Waals surface area contributed by atoms with Gasteiger partial charge < -0.3 is 23.7 Å². The van der Waals surface area contributed by atoms with E-state index in [1.807, 2.05) is 27.7 Å². The van der Waals surface area contributed by atoms with Crippen molar-refractivity contribution in [3.63, 3.8) is 0 Å². The average Bonchev–Trinajstić information content (AvgIpc) is 2.70. The summed E-state index contributed by atoms with van der Waals surface area (Å²) in [7, 11) is 0. The lowest BCUT2D eigenvalue weighted by Crippen LogP contribution is -2.39. The molecule has 0 spiro atoms. The normalized spacial score (nSPS) is 12.7. The molecular weight excluding hydrogens is 384 g/mol. The van der Waals surface area contributed by atoms with Crippen molar-refractivity contribution in [3.05, 3.63) is 12.2 Å². The van der Waals surface area contributed by atoms with E-state index in [4.69, 9.17) is 23.7 Å². The Kier molecular flexibility index (Phi) is 18.2. The van der Waals surface area contributed by atoms with E-state index in [-0.39, 0.29) is 5.97 Å². The first kappa shape index (κ1) is 29.1. The van der Waals surface area contributed by atoms with Gasteiger partial charge in [-0.25, -0.2) is 4.79 Å². The summed E-state index contributed by atoms with van der Waals surface area (Å²) in [6.07, 6.45) is 10.2. The van der Waals surface area contributed by atoms with Crippen LogP contribution in [0.1, 0.15) is 98.8 Å². The molecule has 6 nitrogen and oxygen atoms in total. The van der Waals surface area contributed by atoms with Crippen LogP contribution in [0.2, 0.25) is 0 Å². The Morgan fingerprint density at radius 1 is 0.767 bits per heavy atom. The molecule has 0 aliphatic carbocycles. The third-order valence-corrected chi connectivity index (χ3v) is 4.71. The molecule has 6 heteroatoms. The van der Waals surface area contributed by atoms with Gasteiger partial charge in [0.1, 0.15) is 0 Å². The maximum atomic E-state index is 11.6. The standard InChI is InChI=1S/C24H46O6/c1-7-26-22(30-23(25)21(5)6)19-17-15-13-11-12-14-16-18-20-24(27-8-2,28-9-3)29-10-4/h22H,5,7-20H2,1-4,6H3. The van der Waals surface area contributed by atoms with Crippen molar-refractivity contribution in [3.8, 4) is 0 Å². The summed E-state index contributed by atoms with van der Waals surface area (Å²) in [5.41, 5.74) is 0.403. The zero-order valence-electron chi connectivity index (χ0n) is 20.1. The number of hydrogen-bond acceptors (Lipinski definition) is 6. The van der Waals surface area contributed by atoms with Crippen molar-refractivity contribution in [2.24, 2.45) is 0 Å². The summed E-state index contributed by atoms with van der Waals surface area (Å²) >= 11 is 0. The highest BCUT2D eigenvalue weighted by atomic mass is 16.9. The Morgan fingerprint density at radius 2 is 1.23 bits per heavy atom. The first-order chi connectivity index (χ1) is 14.4. The topological polar surface area (TPSA) is 63.2 Å². The molecule has 0 aliphatic rings. The van der Waals surface area contributed by atoms with Crippen LogP contribution in [0.15, 0.2) is 12.2 Å². The van der Waals surface area contributed by atoms with Gasteiger partial charge in [0.15, 0.2) is 0 Å². The monoisotopic (exact) mass is 430 g/mol. The third-order valence-electron chi connectivity index (χ3n) is 4.71. The van der Waals surface area contributed by atoms with Crippen LogP contribution in [0.4, 0.5) is 0 Å². The van der Waals surface area contributed by atoms with Crippen molar-refractivity contribution in [2.45, 2.75) is 111 Å². The molecule has 0 saturated carbocycles. The van der Waals surface area contributed by atoms with Crippen LogP contribution in [0.25, 0.3) is 0 Å². The molecule has 0 radical (unpaired) electrons. The summed E-state index contributed by atoms with van der Waals surface area (Å²) < 4.78 is 28.1. The maximum Gasteiger partial charge on any atom is 0.335 e. The molecule has 0 rings (SSSR count). The Balaban J connectivity index is 3.87. The fourth-order valence-corrected chi connectivity index (χ4v) is 3.30. The summed E-state index contributed by atoms with van der Waals surface area (Å²) in [6, 6.07) is 0. The number of rotatable bonds is 21. The van der Waals surface area contributed by atoms with Gasteiger partial charge in [0, 0.05) is 44.8 Å². The van der Waals surface area contributed by atoms with Gasteiger partial charge >= 0.3 is 5.97 Å². The minimum absolute atomic E-state index is 0.379. The number of carbonyl (C=O) groups excluding carboxylic acids is 1. The van der Waals surface area contributed by atoms with Crippen molar-refractivity contribution in [1.82, 2.24) is 0 Å². The van der Waals surface area contributed by atoms with Gasteiger partial charge in [0.25, 0.3) is 5.97 Å². The summed E-state index contributed by atoms with van der Waals surface area (Å²) in [5.74, 6) is -1.25. The predicted octanol–water partition coefficient (Wildman–Crippen LogP) is 6.13.